The van der Waals surface area contributed by atoms with E-state index in [9.17, 15) is 14.9 Å². The van der Waals surface area contributed by atoms with Crippen LogP contribution in [-0.2, 0) is 9.53 Å². The molecule has 134 valence electrons. The predicted molar refractivity (Wildman–Crippen MR) is 93.1 cm³/mol. The monoisotopic (exact) mass is 343 g/mol. The standard InChI is InChI=1S/C20H25NO4/c1-13(17-4-2-3-5-18(17)21(23)24)12-25-19(22)20-9-14-6-15(10-20)8-16(7-14)11-20/h2-5,13-16H,6-12H2,1H3. The largest absolute Gasteiger partial charge is 0.465 e. The van der Waals surface area contributed by atoms with E-state index in [2.05, 4.69) is 0 Å². The van der Waals surface area contributed by atoms with Crippen molar-refractivity contribution in [1.29, 1.82) is 0 Å². The van der Waals surface area contributed by atoms with E-state index in [-0.39, 0.29) is 34.5 Å². The highest BCUT2D eigenvalue weighted by Gasteiger charge is 2.55. The molecule has 0 aliphatic heterocycles. The van der Waals surface area contributed by atoms with Crippen molar-refractivity contribution < 1.29 is 14.5 Å². The van der Waals surface area contributed by atoms with E-state index in [1.165, 1.54) is 25.3 Å². The van der Waals surface area contributed by atoms with Crippen molar-refractivity contribution in [2.45, 2.75) is 51.4 Å². The summed E-state index contributed by atoms with van der Waals surface area (Å²) in [5.74, 6) is 1.86. The number of benzene rings is 1. The van der Waals surface area contributed by atoms with Gasteiger partial charge in [-0.1, -0.05) is 25.1 Å². The molecule has 0 spiro atoms. The Labute approximate surface area is 147 Å². The van der Waals surface area contributed by atoms with Crippen LogP contribution in [0.5, 0.6) is 0 Å². The third-order valence-electron chi connectivity index (χ3n) is 6.60. The van der Waals surface area contributed by atoms with Gasteiger partial charge in [-0.2, -0.15) is 0 Å². The molecule has 0 radical (unpaired) electrons. The SMILES string of the molecule is CC(COC(=O)C12CC3CC(CC(C3)C1)C2)c1ccccc1[N+](=O)[O-]. The summed E-state index contributed by atoms with van der Waals surface area (Å²) >= 11 is 0. The van der Waals surface area contributed by atoms with Gasteiger partial charge >= 0.3 is 5.97 Å². The molecule has 4 saturated carbocycles. The van der Waals surface area contributed by atoms with Crippen LogP contribution in [0.1, 0.15) is 56.9 Å². The van der Waals surface area contributed by atoms with E-state index in [0.717, 1.165) is 19.3 Å². The summed E-state index contributed by atoms with van der Waals surface area (Å²) in [6.07, 6.45) is 6.82. The second-order valence-electron chi connectivity index (χ2n) is 8.51. The molecular weight excluding hydrogens is 318 g/mol. The van der Waals surface area contributed by atoms with Gasteiger partial charge in [0.15, 0.2) is 0 Å². The summed E-state index contributed by atoms with van der Waals surface area (Å²) in [5, 5.41) is 11.2. The molecule has 0 aromatic heterocycles. The summed E-state index contributed by atoms with van der Waals surface area (Å²) in [7, 11) is 0. The van der Waals surface area contributed by atoms with Gasteiger partial charge in [0.1, 0.15) is 0 Å². The Morgan fingerprint density at radius 1 is 1.20 bits per heavy atom. The van der Waals surface area contributed by atoms with Crippen LogP contribution in [-0.4, -0.2) is 17.5 Å². The van der Waals surface area contributed by atoms with E-state index in [4.69, 9.17) is 4.74 Å². The lowest BCUT2D eigenvalue weighted by atomic mass is 9.49. The molecule has 1 atom stereocenters. The molecule has 4 bridgehead atoms. The number of carbonyl (C=O) groups is 1. The van der Waals surface area contributed by atoms with Gasteiger partial charge in [0.25, 0.3) is 5.69 Å². The molecule has 4 aliphatic carbocycles. The molecule has 5 rings (SSSR count). The molecule has 0 saturated heterocycles. The van der Waals surface area contributed by atoms with Crippen molar-refractivity contribution in [1.82, 2.24) is 0 Å². The maximum atomic E-state index is 12.9. The fourth-order valence-electron chi connectivity index (χ4n) is 5.87. The van der Waals surface area contributed by atoms with Crippen LogP contribution in [0.3, 0.4) is 0 Å². The third kappa shape index (κ3) is 2.94. The molecule has 0 amide bonds. The lowest BCUT2D eigenvalue weighted by molar-refractivity contribution is -0.385. The highest BCUT2D eigenvalue weighted by Crippen LogP contribution is 2.60. The zero-order chi connectivity index (χ0) is 17.6. The van der Waals surface area contributed by atoms with Crippen LogP contribution in [0.25, 0.3) is 0 Å². The van der Waals surface area contributed by atoms with Crippen molar-refractivity contribution in [2.24, 2.45) is 23.2 Å². The Morgan fingerprint density at radius 3 is 2.32 bits per heavy atom. The number of rotatable bonds is 5. The zero-order valence-electron chi connectivity index (χ0n) is 14.6. The Morgan fingerprint density at radius 2 is 1.76 bits per heavy atom. The van der Waals surface area contributed by atoms with Gasteiger partial charge in [-0.15, -0.1) is 0 Å². The molecule has 0 heterocycles. The Balaban J connectivity index is 1.43. The zero-order valence-corrected chi connectivity index (χ0v) is 14.6. The van der Waals surface area contributed by atoms with Gasteiger partial charge in [0.2, 0.25) is 0 Å². The molecule has 1 aromatic carbocycles. The first-order chi connectivity index (χ1) is 12.0. The number of ether oxygens (including phenoxy) is 1. The molecule has 4 aliphatic rings. The van der Waals surface area contributed by atoms with E-state index in [1.807, 2.05) is 6.92 Å². The molecule has 5 heteroatoms. The van der Waals surface area contributed by atoms with Crippen LogP contribution >= 0.6 is 0 Å². The van der Waals surface area contributed by atoms with Crippen molar-refractivity contribution in [3.8, 4) is 0 Å². The Bertz CT molecular complexity index is 663. The molecule has 0 N–H and O–H groups in total. The molecule has 5 nitrogen and oxygen atoms in total. The van der Waals surface area contributed by atoms with Gasteiger partial charge in [-0.25, -0.2) is 0 Å². The van der Waals surface area contributed by atoms with Crippen LogP contribution in [0.15, 0.2) is 24.3 Å². The lowest BCUT2D eigenvalue weighted by Crippen LogP contribution is -2.50. The first kappa shape index (κ1) is 16.6. The fourth-order valence-corrected chi connectivity index (χ4v) is 5.87. The van der Waals surface area contributed by atoms with E-state index < -0.39 is 0 Å². The van der Waals surface area contributed by atoms with Crippen LogP contribution in [0.4, 0.5) is 5.69 Å². The fraction of sp³-hybridized carbons (Fsp3) is 0.650. The van der Waals surface area contributed by atoms with Crippen molar-refractivity contribution in [3.63, 3.8) is 0 Å². The van der Waals surface area contributed by atoms with Crippen molar-refractivity contribution >= 4 is 11.7 Å². The minimum atomic E-state index is -0.368. The molecule has 25 heavy (non-hydrogen) atoms. The first-order valence-electron chi connectivity index (χ1n) is 9.37. The van der Waals surface area contributed by atoms with Gasteiger partial charge < -0.3 is 4.74 Å². The number of nitrogens with zero attached hydrogens (tertiary/aromatic N) is 1. The van der Waals surface area contributed by atoms with Crippen molar-refractivity contribution in [2.75, 3.05) is 6.61 Å². The summed E-state index contributed by atoms with van der Waals surface area (Å²) in [6.45, 7) is 2.10. The van der Waals surface area contributed by atoms with Crippen LogP contribution in [0, 0.1) is 33.3 Å². The second-order valence-corrected chi connectivity index (χ2v) is 8.51. The smallest absolute Gasteiger partial charge is 0.312 e. The first-order valence-corrected chi connectivity index (χ1v) is 9.37. The normalized spacial score (nSPS) is 33.9. The second kappa shape index (κ2) is 6.11. The van der Waals surface area contributed by atoms with Gasteiger partial charge in [-0.05, 0) is 56.3 Å². The van der Waals surface area contributed by atoms with Crippen LogP contribution < -0.4 is 0 Å². The summed E-state index contributed by atoms with van der Waals surface area (Å²) in [4.78, 5) is 23.7. The average Bonchev–Trinajstić information content (AvgIpc) is 2.58. The number of nitro benzene ring substituents is 1. The number of nitro groups is 1. The molecule has 1 aromatic rings. The van der Waals surface area contributed by atoms with Crippen molar-refractivity contribution in [3.05, 3.63) is 39.9 Å². The molecule has 4 fully saturated rings. The molecular formula is C20H25NO4. The predicted octanol–water partition coefficient (Wildman–Crippen LogP) is 4.46. The van der Waals surface area contributed by atoms with Gasteiger partial charge in [-0.3, -0.25) is 14.9 Å². The van der Waals surface area contributed by atoms with E-state index in [1.54, 1.807) is 18.2 Å². The topological polar surface area (TPSA) is 69.4 Å². The average molecular weight is 343 g/mol. The Kier molecular flexibility index (Phi) is 4.05. The highest BCUT2D eigenvalue weighted by molar-refractivity contribution is 5.77. The Hall–Kier alpha value is -1.91. The summed E-state index contributed by atoms with van der Waals surface area (Å²) < 4.78 is 5.72. The number of esters is 1. The third-order valence-corrected chi connectivity index (χ3v) is 6.60. The highest BCUT2D eigenvalue weighted by atomic mass is 16.6. The van der Waals surface area contributed by atoms with Crippen LogP contribution in [0.2, 0.25) is 0 Å². The number of para-hydroxylation sites is 1. The minimum absolute atomic E-state index is 0.0583. The number of carbonyl (C=O) groups excluding carboxylic acids is 1. The number of hydrogen-bond donors (Lipinski definition) is 0. The van der Waals surface area contributed by atoms with Gasteiger partial charge in [0, 0.05) is 17.5 Å². The van der Waals surface area contributed by atoms with Gasteiger partial charge in [0.05, 0.1) is 16.9 Å². The maximum Gasteiger partial charge on any atom is 0.312 e. The minimum Gasteiger partial charge on any atom is -0.465 e. The van der Waals surface area contributed by atoms with E-state index >= 15 is 0 Å². The summed E-state index contributed by atoms with van der Waals surface area (Å²) in [6, 6.07) is 6.71. The quantitative estimate of drug-likeness (QED) is 0.450. The number of hydrogen-bond acceptors (Lipinski definition) is 4. The summed E-state index contributed by atoms with van der Waals surface area (Å²) in [5.41, 5.74) is 0.462. The maximum absolute atomic E-state index is 12.9. The molecule has 1 unspecified atom stereocenters. The lowest BCUT2D eigenvalue weighted by Gasteiger charge is -2.55. The van der Waals surface area contributed by atoms with E-state index in [0.29, 0.717) is 23.3 Å².